The number of aryl methyl sites for hydroxylation is 1. The molecule has 1 aliphatic carbocycles. The van der Waals surface area contributed by atoms with E-state index in [0.717, 1.165) is 78.4 Å². The molecule has 1 aromatic carbocycles. The zero-order valence-electron chi connectivity index (χ0n) is 15.9. The van der Waals surface area contributed by atoms with Gasteiger partial charge in [0, 0.05) is 42.0 Å². The van der Waals surface area contributed by atoms with Gasteiger partial charge in [-0.3, -0.25) is 0 Å². The maximum Gasteiger partial charge on any atom is 0.161 e. The van der Waals surface area contributed by atoms with Crippen LogP contribution in [0.4, 0.5) is 5.82 Å². The standard InChI is InChI=1S/C21H28ClN5/c1-14-2-5-17(8-19(14)22)20-25-12-18(11-24-10-15-3-4-15)21(26-20)27-7-6-16(9-23)13-27/h2,5,8,12,15-16,24H,3-4,6-7,9-11,13,23H2,1H3. The number of hydrogen-bond donors (Lipinski definition) is 2. The van der Waals surface area contributed by atoms with E-state index in [4.69, 9.17) is 22.3 Å². The number of nitrogens with zero attached hydrogens (tertiary/aromatic N) is 3. The largest absolute Gasteiger partial charge is 0.356 e. The number of nitrogens with two attached hydrogens (primary N) is 1. The van der Waals surface area contributed by atoms with Crippen LogP contribution in [-0.2, 0) is 6.54 Å². The topological polar surface area (TPSA) is 67.1 Å². The first kappa shape index (κ1) is 18.7. The van der Waals surface area contributed by atoms with Gasteiger partial charge in [-0.25, -0.2) is 9.97 Å². The molecular formula is C21H28ClN5. The lowest BCUT2D eigenvalue weighted by Crippen LogP contribution is -2.26. The predicted octanol–water partition coefficient (Wildman–Crippen LogP) is 3.39. The minimum atomic E-state index is 0.546. The molecule has 1 aliphatic heterocycles. The van der Waals surface area contributed by atoms with Crippen LogP contribution in [-0.4, -0.2) is 36.1 Å². The Morgan fingerprint density at radius 1 is 1.26 bits per heavy atom. The number of nitrogens with one attached hydrogen (secondary N) is 1. The van der Waals surface area contributed by atoms with Crippen molar-refractivity contribution in [1.82, 2.24) is 15.3 Å². The van der Waals surface area contributed by atoms with Crippen molar-refractivity contribution in [3.63, 3.8) is 0 Å². The maximum absolute atomic E-state index is 6.31. The molecule has 1 aromatic heterocycles. The fourth-order valence-electron chi connectivity index (χ4n) is 3.62. The second-order valence-electron chi connectivity index (χ2n) is 7.92. The second kappa shape index (κ2) is 8.13. The lowest BCUT2D eigenvalue weighted by Gasteiger charge is -2.21. The Morgan fingerprint density at radius 3 is 2.81 bits per heavy atom. The summed E-state index contributed by atoms with van der Waals surface area (Å²) >= 11 is 6.31. The minimum Gasteiger partial charge on any atom is -0.356 e. The molecule has 1 atom stereocenters. The van der Waals surface area contributed by atoms with Crippen molar-refractivity contribution in [2.75, 3.05) is 31.1 Å². The molecule has 0 amide bonds. The number of anilines is 1. The van der Waals surface area contributed by atoms with Gasteiger partial charge >= 0.3 is 0 Å². The van der Waals surface area contributed by atoms with E-state index >= 15 is 0 Å². The predicted molar refractivity (Wildman–Crippen MR) is 111 cm³/mol. The molecule has 27 heavy (non-hydrogen) atoms. The molecule has 6 heteroatoms. The smallest absolute Gasteiger partial charge is 0.161 e. The molecule has 4 rings (SSSR count). The molecule has 1 saturated carbocycles. The van der Waals surface area contributed by atoms with Crippen LogP contribution >= 0.6 is 11.6 Å². The number of benzene rings is 1. The van der Waals surface area contributed by atoms with Gasteiger partial charge in [0.2, 0.25) is 0 Å². The highest BCUT2D eigenvalue weighted by Gasteiger charge is 2.25. The van der Waals surface area contributed by atoms with Crippen molar-refractivity contribution in [1.29, 1.82) is 0 Å². The summed E-state index contributed by atoms with van der Waals surface area (Å²) < 4.78 is 0. The monoisotopic (exact) mass is 385 g/mol. The van der Waals surface area contributed by atoms with E-state index in [9.17, 15) is 0 Å². The first-order valence-electron chi connectivity index (χ1n) is 9.92. The van der Waals surface area contributed by atoms with Crippen LogP contribution in [0.5, 0.6) is 0 Å². The first-order chi connectivity index (χ1) is 13.1. The summed E-state index contributed by atoms with van der Waals surface area (Å²) in [5.41, 5.74) is 9.08. The zero-order valence-corrected chi connectivity index (χ0v) is 16.7. The third kappa shape index (κ3) is 4.42. The van der Waals surface area contributed by atoms with Crippen molar-refractivity contribution >= 4 is 17.4 Å². The van der Waals surface area contributed by atoms with E-state index in [1.54, 1.807) is 0 Å². The van der Waals surface area contributed by atoms with E-state index in [2.05, 4.69) is 15.2 Å². The Balaban J connectivity index is 1.61. The van der Waals surface area contributed by atoms with E-state index < -0.39 is 0 Å². The third-order valence-electron chi connectivity index (χ3n) is 5.64. The van der Waals surface area contributed by atoms with Gasteiger partial charge in [-0.2, -0.15) is 0 Å². The summed E-state index contributed by atoms with van der Waals surface area (Å²) in [5, 5.41) is 4.32. The van der Waals surface area contributed by atoms with Crippen molar-refractivity contribution in [2.45, 2.75) is 32.7 Å². The highest BCUT2D eigenvalue weighted by atomic mass is 35.5. The van der Waals surface area contributed by atoms with Gasteiger partial charge in [0.25, 0.3) is 0 Å². The molecule has 2 heterocycles. The average molecular weight is 386 g/mol. The molecule has 2 aliphatic rings. The Kier molecular flexibility index (Phi) is 5.62. The van der Waals surface area contributed by atoms with Gasteiger partial charge in [0.05, 0.1) is 0 Å². The molecule has 0 spiro atoms. The number of halogens is 1. The highest BCUT2D eigenvalue weighted by Crippen LogP contribution is 2.30. The van der Waals surface area contributed by atoms with E-state index in [1.165, 1.54) is 12.8 Å². The minimum absolute atomic E-state index is 0.546. The summed E-state index contributed by atoms with van der Waals surface area (Å²) in [5.74, 6) is 3.17. The van der Waals surface area contributed by atoms with Crippen LogP contribution in [0.3, 0.4) is 0 Å². The Hall–Kier alpha value is -1.69. The summed E-state index contributed by atoms with van der Waals surface area (Å²) in [6.07, 6.45) is 5.81. The second-order valence-corrected chi connectivity index (χ2v) is 8.32. The number of rotatable bonds is 7. The van der Waals surface area contributed by atoms with Crippen LogP contribution in [0.1, 0.15) is 30.4 Å². The van der Waals surface area contributed by atoms with Crippen molar-refractivity contribution in [3.8, 4) is 11.4 Å². The fourth-order valence-corrected chi connectivity index (χ4v) is 3.80. The lowest BCUT2D eigenvalue weighted by molar-refractivity contribution is 0.601. The molecule has 5 nitrogen and oxygen atoms in total. The van der Waals surface area contributed by atoms with Crippen molar-refractivity contribution in [2.24, 2.45) is 17.6 Å². The van der Waals surface area contributed by atoms with Gasteiger partial charge in [-0.05, 0) is 62.7 Å². The van der Waals surface area contributed by atoms with Crippen LogP contribution in [0, 0.1) is 18.8 Å². The average Bonchev–Trinajstić information content (AvgIpc) is 3.38. The zero-order chi connectivity index (χ0) is 18.8. The quantitative estimate of drug-likeness (QED) is 0.764. The van der Waals surface area contributed by atoms with Gasteiger partial charge < -0.3 is 16.0 Å². The summed E-state index contributed by atoms with van der Waals surface area (Å²) in [6.45, 7) is 6.60. The van der Waals surface area contributed by atoms with Gasteiger partial charge in [-0.1, -0.05) is 23.7 Å². The van der Waals surface area contributed by atoms with Crippen molar-refractivity contribution in [3.05, 3.63) is 40.5 Å². The molecule has 0 bridgehead atoms. The van der Waals surface area contributed by atoms with Gasteiger partial charge in [0.1, 0.15) is 5.82 Å². The van der Waals surface area contributed by atoms with E-state index in [-0.39, 0.29) is 0 Å². The molecule has 3 N–H and O–H groups in total. The van der Waals surface area contributed by atoms with E-state index in [1.807, 2.05) is 31.3 Å². The van der Waals surface area contributed by atoms with E-state index in [0.29, 0.717) is 5.92 Å². The van der Waals surface area contributed by atoms with Crippen molar-refractivity contribution < 1.29 is 0 Å². The lowest BCUT2D eigenvalue weighted by atomic mass is 10.1. The summed E-state index contributed by atoms with van der Waals surface area (Å²) in [7, 11) is 0. The van der Waals surface area contributed by atoms with Gasteiger partial charge in [0.15, 0.2) is 5.82 Å². The molecular weight excluding hydrogens is 358 g/mol. The number of aromatic nitrogens is 2. The van der Waals surface area contributed by atoms with Crippen LogP contribution in [0.15, 0.2) is 24.4 Å². The Morgan fingerprint density at radius 2 is 2.11 bits per heavy atom. The molecule has 0 radical (unpaired) electrons. The molecule has 144 valence electrons. The van der Waals surface area contributed by atoms with Gasteiger partial charge in [-0.15, -0.1) is 0 Å². The normalized spacial score (nSPS) is 19.7. The number of hydrogen-bond acceptors (Lipinski definition) is 5. The Bertz CT molecular complexity index is 805. The SMILES string of the molecule is Cc1ccc(-c2ncc(CNCC3CC3)c(N3CCC(CN)C3)n2)cc1Cl. The third-order valence-corrected chi connectivity index (χ3v) is 6.04. The molecule has 1 unspecified atom stereocenters. The molecule has 2 fully saturated rings. The van der Waals surface area contributed by atoms with Crippen LogP contribution in [0.25, 0.3) is 11.4 Å². The fraction of sp³-hybridized carbons (Fsp3) is 0.524. The van der Waals surface area contributed by atoms with Crippen LogP contribution < -0.4 is 16.0 Å². The summed E-state index contributed by atoms with van der Waals surface area (Å²) in [4.78, 5) is 12.0. The Labute approximate surface area is 166 Å². The molecule has 2 aromatic rings. The summed E-state index contributed by atoms with van der Waals surface area (Å²) in [6, 6.07) is 6.01. The first-order valence-corrected chi connectivity index (χ1v) is 10.3. The van der Waals surface area contributed by atoms with Crippen LogP contribution in [0.2, 0.25) is 5.02 Å². The highest BCUT2D eigenvalue weighted by molar-refractivity contribution is 6.31. The maximum atomic E-state index is 6.31. The molecule has 1 saturated heterocycles.